The maximum Gasteiger partial charge on any atom is 0.0176 e. The van der Waals surface area contributed by atoms with Crippen molar-refractivity contribution in [2.45, 2.75) is 26.3 Å². The van der Waals surface area contributed by atoms with Gasteiger partial charge in [0.15, 0.2) is 0 Å². The standard InChI is InChI=1S/C10H20N2/c1-3-12(4-2)10-8-5-9(10)7-11-6-8/h8-11H,3-7H2,1-2H3. The van der Waals surface area contributed by atoms with E-state index in [0.717, 1.165) is 17.9 Å². The van der Waals surface area contributed by atoms with Crippen molar-refractivity contribution in [2.75, 3.05) is 26.2 Å². The Hall–Kier alpha value is -0.0800. The maximum atomic E-state index is 3.49. The molecule has 1 N–H and O–H groups in total. The van der Waals surface area contributed by atoms with Crippen molar-refractivity contribution in [3.8, 4) is 0 Å². The third kappa shape index (κ3) is 1.17. The Morgan fingerprint density at radius 2 is 1.75 bits per heavy atom. The molecule has 0 aromatic carbocycles. The van der Waals surface area contributed by atoms with E-state index in [9.17, 15) is 0 Å². The van der Waals surface area contributed by atoms with Crippen LogP contribution in [0.3, 0.4) is 0 Å². The average Bonchev–Trinajstić information content (AvgIpc) is 2.14. The SMILES string of the molecule is CCN(CC)C1C2CNCC1C2. The highest BCUT2D eigenvalue weighted by Crippen LogP contribution is 2.39. The Labute approximate surface area is 75.3 Å². The van der Waals surface area contributed by atoms with Crippen LogP contribution in [0.25, 0.3) is 0 Å². The number of hydrogen-bond donors (Lipinski definition) is 1. The van der Waals surface area contributed by atoms with Gasteiger partial charge in [0.05, 0.1) is 0 Å². The molecule has 1 saturated carbocycles. The molecule has 0 spiro atoms. The van der Waals surface area contributed by atoms with Crippen LogP contribution in [-0.4, -0.2) is 37.1 Å². The molecule has 0 amide bonds. The van der Waals surface area contributed by atoms with E-state index in [4.69, 9.17) is 0 Å². The minimum atomic E-state index is 0.918. The van der Waals surface area contributed by atoms with Crippen molar-refractivity contribution in [3.05, 3.63) is 0 Å². The largest absolute Gasteiger partial charge is 0.316 e. The van der Waals surface area contributed by atoms with Gasteiger partial charge in [-0.2, -0.15) is 0 Å². The molecule has 0 aromatic rings. The number of rotatable bonds is 3. The summed E-state index contributed by atoms with van der Waals surface area (Å²) in [6.07, 6.45) is 1.48. The molecule has 0 aromatic heterocycles. The number of fused-ring (bicyclic) bond motifs is 2. The molecular formula is C10H20N2. The fourth-order valence-electron chi connectivity index (χ4n) is 2.96. The molecule has 0 radical (unpaired) electrons. The van der Waals surface area contributed by atoms with Crippen molar-refractivity contribution >= 4 is 0 Å². The number of nitrogens with zero attached hydrogens (tertiary/aromatic N) is 1. The van der Waals surface area contributed by atoms with Crippen LogP contribution >= 0.6 is 0 Å². The summed E-state index contributed by atoms with van der Waals surface area (Å²) in [5.74, 6) is 1.92. The van der Waals surface area contributed by atoms with Gasteiger partial charge in [0, 0.05) is 6.04 Å². The van der Waals surface area contributed by atoms with Gasteiger partial charge in [-0.05, 0) is 44.4 Å². The minimum absolute atomic E-state index is 0.918. The topological polar surface area (TPSA) is 15.3 Å². The minimum Gasteiger partial charge on any atom is -0.316 e. The first-order valence-electron chi connectivity index (χ1n) is 5.31. The van der Waals surface area contributed by atoms with Crippen molar-refractivity contribution in [1.82, 2.24) is 10.2 Å². The van der Waals surface area contributed by atoms with Crippen LogP contribution in [0.4, 0.5) is 0 Å². The number of piperidine rings is 2. The fraction of sp³-hybridized carbons (Fsp3) is 1.00. The van der Waals surface area contributed by atoms with Crippen LogP contribution in [0.15, 0.2) is 0 Å². The normalized spacial score (nSPS) is 39.8. The van der Waals surface area contributed by atoms with E-state index in [2.05, 4.69) is 24.1 Å². The zero-order valence-corrected chi connectivity index (χ0v) is 8.21. The van der Waals surface area contributed by atoms with E-state index in [-0.39, 0.29) is 0 Å². The molecule has 3 fully saturated rings. The van der Waals surface area contributed by atoms with Crippen LogP contribution in [0.5, 0.6) is 0 Å². The summed E-state index contributed by atoms with van der Waals surface area (Å²) < 4.78 is 0. The van der Waals surface area contributed by atoms with Gasteiger partial charge < -0.3 is 10.2 Å². The summed E-state index contributed by atoms with van der Waals surface area (Å²) in [6.45, 7) is 9.55. The van der Waals surface area contributed by atoms with Crippen molar-refractivity contribution < 1.29 is 0 Å². The first-order valence-corrected chi connectivity index (χ1v) is 5.31. The Balaban J connectivity index is 1.95. The monoisotopic (exact) mass is 168 g/mol. The van der Waals surface area contributed by atoms with E-state index in [1.54, 1.807) is 0 Å². The Morgan fingerprint density at radius 3 is 2.17 bits per heavy atom. The molecule has 2 atom stereocenters. The smallest absolute Gasteiger partial charge is 0.0176 e. The van der Waals surface area contributed by atoms with Crippen LogP contribution in [0.1, 0.15) is 20.3 Å². The lowest BCUT2D eigenvalue weighted by molar-refractivity contribution is -0.0211. The van der Waals surface area contributed by atoms with Crippen molar-refractivity contribution in [2.24, 2.45) is 11.8 Å². The Morgan fingerprint density at radius 1 is 1.17 bits per heavy atom. The summed E-state index contributed by atoms with van der Waals surface area (Å²) in [7, 11) is 0. The van der Waals surface area contributed by atoms with Gasteiger partial charge in [-0.25, -0.2) is 0 Å². The lowest BCUT2D eigenvalue weighted by atomic mass is 9.66. The molecule has 2 bridgehead atoms. The van der Waals surface area contributed by atoms with Gasteiger partial charge in [0.1, 0.15) is 0 Å². The molecule has 2 saturated heterocycles. The Kier molecular flexibility index (Phi) is 2.37. The van der Waals surface area contributed by atoms with E-state index < -0.39 is 0 Å². The van der Waals surface area contributed by atoms with Gasteiger partial charge >= 0.3 is 0 Å². The van der Waals surface area contributed by atoms with E-state index in [1.165, 1.54) is 32.6 Å². The third-order valence-electron chi connectivity index (χ3n) is 3.62. The zero-order valence-electron chi connectivity index (χ0n) is 8.21. The van der Waals surface area contributed by atoms with E-state index in [0.29, 0.717) is 0 Å². The summed E-state index contributed by atoms with van der Waals surface area (Å²) in [5.41, 5.74) is 0. The van der Waals surface area contributed by atoms with Gasteiger partial charge in [0.2, 0.25) is 0 Å². The average molecular weight is 168 g/mol. The summed E-state index contributed by atoms with van der Waals surface area (Å²) in [5, 5.41) is 3.49. The highest BCUT2D eigenvalue weighted by Gasteiger charge is 2.45. The highest BCUT2D eigenvalue weighted by molar-refractivity contribution is 5.01. The Bertz CT molecular complexity index is 140. The molecule has 12 heavy (non-hydrogen) atoms. The third-order valence-corrected chi connectivity index (χ3v) is 3.62. The predicted octanol–water partition coefficient (Wildman–Crippen LogP) is 0.936. The molecule has 3 rings (SSSR count). The first kappa shape index (κ1) is 8.52. The zero-order chi connectivity index (χ0) is 8.55. The molecule has 70 valence electrons. The molecule has 2 heteroatoms. The van der Waals surface area contributed by atoms with Gasteiger partial charge in [-0.15, -0.1) is 0 Å². The number of hydrogen-bond acceptors (Lipinski definition) is 2. The summed E-state index contributed by atoms with van der Waals surface area (Å²) in [4.78, 5) is 2.64. The predicted molar refractivity (Wildman–Crippen MR) is 51.2 cm³/mol. The first-order chi connectivity index (χ1) is 5.86. The lowest BCUT2D eigenvalue weighted by Crippen LogP contribution is -2.63. The number of nitrogens with one attached hydrogen (secondary N) is 1. The quantitative estimate of drug-likeness (QED) is 0.674. The van der Waals surface area contributed by atoms with Crippen LogP contribution in [-0.2, 0) is 0 Å². The van der Waals surface area contributed by atoms with Gasteiger partial charge in [-0.3, -0.25) is 0 Å². The summed E-state index contributed by atoms with van der Waals surface area (Å²) >= 11 is 0. The summed E-state index contributed by atoms with van der Waals surface area (Å²) in [6, 6.07) is 0.918. The fourth-order valence-corrected chi connectivity index (χ4v) is 2.96. The van der Waals surface area contributed by atoms with Crippen LogP contribution in [0, 0.1) is 11.8 Å². The maximum absolute atomic E-state index is 3.49. The van der Waals surface area contributed by atoms with Crippen molar-refractivity contribution in [3.63, 3.8) is 0 Å². The van der Waals surface area contributed by atoms with Crippen LogP contribution < -0.4 is 5.32 Å². The molecule has 2 heterocycles. The molecule has 2 aliphatic heterocycles. The molecule has 2 nitrogen and oxygen atoms in total. The second-order valence-corrected chi connectivity index (χ2v) is 4.13. The second kappa shape index (κ2) is 3.35. The second-order valence-electron chi connectivity index (χ2n) is 4.13. The molecule has 3 aliphatic rings. The van der Waals surface area contributed by atoms with E-state index >= 15 is 0 Å². The molecule has 1 aliphatic carbocycles. The van der Waals surface area contributed by atoms with Crippen molar-refractivity contribution in [1.29, 1.82) is 0 Å². The highest BCUT2D eigenvalue weighted by atomic mass is 15.2. The lowest BCUT2D eigenvalue weighted by Gasteiger charge is -2.54. The van der Waals surface area contributed by atoms with E-state index in [1.807, 2.05) is 0 Å². The molecule has 2 unspecified atom stereocenters. The van der Waals surface area contributed by atoms with Gasteiger partial charge in [-0.1, -0.05) is 13.8 Å². The van der Waals surface area contributed by atoms with Gasteiger partial charge in [0.25, 0.3) is 0 Å². The van der Waals surface area contributed by atoms with Crippen LogP contribution in [0.2, 0.25) is 0 Å². The molecular weight excluding hydrogens is 148 g/mol.